The summed E-state index contributed by atoms with van der Waals surface area (Å²) in [6, 6.07) is 16.6. The van der Waals surface area contributed by atoms with E-state index in [1.165, 1.54) is 27.6 Å². The molecular weight excluding hydrogens is 386 g/mol. The van der Waals surface area contributed by atoms with E-state index < -0.39 is 0 Å². The second kappa shape index (κ2) is 8.42. The van der Waals surface area contributed by atoms with Gasteiger partial charge in [-0.1, -0.05) is 48.5 Å². The first-order valence-electron chi connectivity index (χ1n) is 11.1. The molecule has 2 aliphatic rings. The number of para-hydroxylation sites is 1. The zero-order valence-corrected chi connectivity index (χ0v) is 17.6. The number of benzene rings is 2. The molecule has 1 N–H and O–H groups in total. The standard InChI is InChI=1S/C26H27N3O2/c30-25(9-10-26(31)29-16-11-19-5-1-2-6-21(19)18-29)28-14-12-20(13-15-28)23-17-27-24-8-4-3-7-22(23)24/h1-8,12,17,27H,9-11,13-16,18H2. The number of carbonyl (C=O) groups excluding carboxylic acids is 2. The van der Waals surface area contributed by atoms with E-state index in [9.17, 15) is 9.59 Å². The van der Waals surface area contributed by atoms with Crippen LogP contribution in [0.25, 0.3) is 16.5 Å². The van der Waals surface area contributed by atoms with Crippen molar-refractivity contribution in [2.75, 3.05) is 19.6 Å². The summed E-state index contributed by atoms with van der Waals surface area (Å²) in [5.41, 5.74) is 6.19. The zero-order chi connectivity index (χ0) is 21.2. The molecule has 2 aromatic carbocycles. The van der Waals surface area contributed by atoms with Gasteiger partial charge in [-0.05, 0) is 35.6 Å². The Bertz CT molecular complexity index is 1160. The number of amides is 2. The van der Waals surface area contributed by atoms with E-state index in [1.807, 2.05) is 28.0 Å². The molecule has 3 aromatic rings. The van der Waals surface area contributed by atoms with Crippen molar-refractivity contribution in [1.82, 2.24) is 14.8 Å². The first kappa shape index (κ1) is 19.6. The van der Waals surface area contributed by atoms with Crippen LogP contribution in [0.1, 0.15) is 36.0 Å². The fraction of sp³-hybridized carbons (Fsp3) is 0.308. The van der Waals surface area contributed by atoms with Gasteiger partial charge in [-0.15, -0.1) is 0 Å². The van der Waals surface area contributed by atoms with Crippen LogP contribution < -0.4 is 0 Å². The summed E-state index contributed by atoms with van der Waals surface area (Å²) in [6.07, 6.45) is 6.52. The van der Waals surface area contributed by atoms with Crippen molar-refractivity contribution in [1.29, 1.82) is 0 Å². The predicted octanol–water partition coefficient (Wildman–Crippen LogP) is 4.15. The maximum Gasteiger partial charge on any atom is 0.223 e. The van der Waals surface area contributed by atoms with Crippen LogP contribution in [0.15, 0.2) is 60.8 Å². The molecule has 0 aliphatic carbocycles. The number of nitrogens with one attached hydrogen (secondary N) is 1. The van der Waals surface area contributed by atoms with Crippen LogP contribution in [0, 0.1) is 0 Å². The molecule has 0 radical (unpaired) electrons. The van der Waals surface area contributed by atoms with E-state index in [0.717, 1.165) is 24.9 Å². The molecule has 5 rings (SSSR count). The molecule has 0 saturated carbocycles. The molecule has 31 heavy (non-hydrogen) atoms. The number of H-pyrrole nitrogens is 1. The van der Waals surface area contributed by atoms with Gasteiger partial charge in [-0.2, -0.15) is 0 Å². The Balaban J connectivity index is 1.15. The summed E-state index contributed by atoms with van der Waals surface area (Å²) in [4.78, 5) is 32.5. The largest absolute Gasteiger partial charge is 0.361 e. The van der Waals surface area contributed by atoms with Crippen LogP contribution in [0.4, 0.5) is 0 Å². The van der Waals surface area contributed by atoms with Crippen LogP contribution >= 0.6 is 0 Å². The highest BCUT2D eigenvalue weighted by atomic mass is 16.2. The maximum atomic E-state index is 12.7. The fourth-order valence-corrected chi connectivity index (χ4v) is 4.72. The molecule has 5 heteroatoms. The molecule has 0 spiro atoms. The average molecular weight is 414 g/mol. The van der Waals surface area contributed by atoms with E-state index in [0.29, 0.717) is 19.6 Å². The van der Waals surface area contributed by atoms with Gasteiger partial charge in [-0.25, -0.2) is 0 Å². The summed E-state index contributed by atoms with van der Waals surface area (Å²) in [5.74, 6) is 0.148. The van der Waals surface area contributed by atoms with E-state index >= 15 is 0 Å². The Morgan fingerprint density at radius 3 is 2.35 bits per heavy atom. The second-order valence-corrected chi connectivity index (χ2v) is 8.40. The number of nitrogens with zero attached hydrogens (tertiary/aromatic N) is 2. The van der Waals surface area contributed by atoms with Gasteiger partial charge in [0, 0.05) is 61.7 Å². The maximum absolute atomic E-state index is 12.7. The SMILES string of the molecule is O=C(CCC(=O)N1CCc2ccccc2C1)N1CC=C(c2c[nH]c3ccccc23)CC1. The third kappa shape index (κ3) is 4.00. The van der Waals surface area contributed by atoms with Gasteiger partial charge in [0.15, 0.2) is 0 Å². The van der Waals surface area contributed by atoms with Crippen molar-refractivity contribution in [3.05, 3.63) is 77.5 Å². The topological polar surface area (TPSA) is 56.4 Å². The molecule has 0 atom stereocenters. The van der Waals surface area contributed by atoms with Crippen LogP contribution in [0.2, 0.25) is 0 Å². The number of fused-ring (bicyclic) bond motifs is 2. The Hall–Kier alpha value is -3.34. The van der Waals surface area contributed by atoms with Gasteiger partial charge < -0.3 is 14.8 Å². The first-order valence-corrected chi connectivity index (χ1v) is 11.1. The molecule has 0 bridgehead atoms. The summed E-state index contributed by atoms with van der Waals surface area (Å²) in [5, 5.41) is 1.22. The first-order chi connectivity index (χ1) is 15.2. The number of aromatic amines is 1. The second-order valence-electron chi connectivity index (χ2n) is 8.40. The summed E-state index contributed by atoms with van der Waals surface area (Å²) in [7, 11) is 0. The zero-order valence-electron chi connectivity index (χ0n) is 17.6. The van der Waals surface area contributed by atoms with Gasteiger partial charge in [0.1, 0.15) is 0 Å². The lowest BCUT2D eigenvalue weighted by Gasteiger charge is -2.30. The summed E-state index contributed by atoms with van der Waals surface area (Å²) in [6.45, 7) is 2.71. The normalized spacial score (nSPS) is 16.2. The minimum Gasteiger partial charge on any atom is -0.361 e. The minimum absolute atomic E-state index is 0.0694. The summed E-state index contributed by atoms with van der Waals surface area (Å²) < 4.78 is 0. The monoisotopic (exact) mass is 413 g/mol. The highest BCUT2D eigenvalue weighted by Gasteiger charge is 2.23. The van der Waals surface area contributed by atoms with E-state index in [-0.39, 0.29) is 24.7 Å². The number of carbonyl (C=O) groups is 2. The van der Waals surface area contributed by atoms with Gasteiger partial charge in [0.05, 0.1) is 0 Å². The molecule has 3 heterocycles. The smallest absolute Gasteiger partial charge is 0.223 e. The molecule has 2 aliphatic heterocycles. The van der Waals surface area contributed by atoms with Crippen LogP contribution in [-0.2, 0) is 22.6 Å². The van der Waals surface area contributed by atoms with Crippen molar-refractivity contribution < 1.29 is 9.59 Å². The van der Waals surface area contributed by atoms with Crippen molar-refractivity contribution in [2.24, 2.45) is 0 Å². The number of rotatable bonds is 4. The number of hydrogen-bond donors (Lipinski definition) is 1. The Labute approximate surface area is 182 Å². The highest BCUT2D eigenvalue weighted by molar-refractivity contribution is 5.93. The lowest BCUT2D eigenvalue weighted by molar-refractivity contribution is -0.137. The summed E-state index contributed by atoms with van der Waals surface area (Å²) >= 11 is 0. The lowest BCUT2D eigenvalue weighted by atomic mass is 9.98. The van der Waals surface area contributed by atoms with Crippen LogP contribution in [0.3, 0.4) is 0 Å². The number of hydrogen-bond acceptors (Lipinski definition) is 2. The van der Waals surface area contributed by atoms with Gasteiger partial charge in [0.2, 0.25) is 11.8 Å². The molecule has 0 fully saturated rings. The molecule has 0 saturated heterocycles. The molecule has 158 valence electrons. The minimum atomic E-state index is 0.0694. The number of aromatic nitrogens is 1. The van der Waals surface area contributed by atoms with Gasteiger partial charge >= 0.3 is 0 Å². The molecule has 0 unspecified atom stereocenters. The average Bonchev–Trinajstić information content (AvgIpc) is 3.26. The van der Waals surface area contributed by atoms with Gasteiger partial charge in [-0.3, -0.25) is 9.59 Å². The third-order valence-corrected chi connectivity index (χ3v) is 6.53. The van der Waals surface area contributed by atoms with E-state index in [2.05, 4.69) is 47.6 Å². The van der Waals surface area contributed by atoms with Crippen LogP contribution in [-0.4, -0.2) is 46.2 Å². The highest BCUT2D eigenvalue weighted by Crippen LogP contribution is 2.29. The van der Waals surface area contributed by atoms with Crippen molar-refractivity contribution in [3.8, 4) is 0 Å². The van der Waals surface area contributed by atoms with E-state index in [4.69, 9.17) is 0 Å². The van der Waals surface area contributed by atoms with E-state index in [1.54, 1.807) is 0 Å². The van der Waals surface area contributed by atoms with Crippen molar-refractivity contribution >= 4 is 28.3 Å². The Kier molecular flexibility index (Phi) is 5.33. The molecule has 2 amide bonds. The fourth-order valence-electron chi connectivity index (χ4n) is 4.72. The van der Waals surface area contributed by atoms with Crippen LogP contribution in [0.5, 0.6) is 0 Å². The van der Waals surface area contributed by atoms with Crippen molar-refractivity contribution in [3.63, 3.8) is 0 Å². The van der Waals surface area contributed by atoms with Gasteiger partial charge in [0.25, 0.3) is 0 Å². The Morgan fingerprint density at radius 1 is 0.839 bits per heavy atom. The quantitative estimate of drug-likeness (QED) is 0.699. The predicted molar refractivity (Wildman–Crippen MR) is 122 cm³/mol. The lowest BCUT2D eigenvalue weighted by Crippen LogP contribution is -2.38. The Morgan fingerprint density at radius 2 is 1.55 bits per heavy atom. The third-order valence-electron chi connectivity index (χ3n) is 6.53. The molecule has 5 nitrogen and oxygen atoms in total. The molecule has 1 aromatic heterocycles. The molecular formula is C26H27N3O2. The van der Waals surface area contributed by atoms with Crippen molar-refractivity contribution in [2.45, 2.75) is 32.2 Å².